The van der Waals surface area contributed by atoms with Crippen molar-refractivity contribution in [1.82, 2.24) is 0 Å². The van der Waals surface area contributed by atoms with Gasteiger partial charge in [-0.25, -0.2) is 0 Å². The smallest absolute Gasteiger partial charge is 0.0184 e. The van der Waals surface area contributed by atoms with Gasteiger partial charge < -0.3 is 0 Å². The van der Waals surface area contributed by atoms with Crippen LogP contribution in [0, 0.1) is 11.8 Å². The van der Waals surface area contributed by atoms with Gasteiger partial charge in [0.1, 0.15) is 0 Å². The SMILES string of the molecule is C1CCC(C2CCCCC2)CC1.c1ccc(-c2ccccc2)cc1.c1ccccc1. The van der Waals surface area contributed by atoms with Crippen molar-refractivity contribution in [2.75, 3.05) is 0 Å². The molecule has 0 N–H and O–H groups in total. The highest BCUT2D eigenvalue weighted by atomic mass is 14.3. The van der Waals surface area contributed by atoms with E-state index in [0.29, 0.717) is 0 Å². The summed E-state index contributed by atoms with van der Waals surface area (Å²) in [5, 5.41) is 0. The predicted octanol–water partition coefficient (Wildman–Crippen LogP) is 9.19. The van der Waals surface area contributed by atoms with Gasteiger partial charge in [-0.3, -0.25) is 0 Å². The van der Waals surface area contributed by atoms with E-state index in [-0.39, 0.29) is 0 Å². The van der Waals surface area contributed by atoms with E-state index in [4.69, 9.17) is 0 Å². The molecule has 2 saturated carbocycles. The molecule has 0 aliphatic heterocycles. The molecule has 0 unspecified atom stereocenters. The zero-order chi connectivity index (χ0) is 20.7. The quantitative estimate of drug-likeness (QED) is 0.403. The van der Waals surface area contributed by atoms with Crippen LogP contribution in [0.5, 0.6) is 0 Å². The van der Waals surface area contributed by atoms with Gasteiger partial charge in [-0.1, -0.05) is 161 Å². The molecule has 0 spiro atoms. The Morgan fingerprint density at radius 2 is 0.600 bits per heavy atom. The highest BCUT2D eigenvalue weighted by molar-refractivity contribution is 5.62. The van der Waals surface area contributed by atoms with Crippen molar-refractivity contribution < 1.29 is 0 Å². The van der Waals surface area contributed by atoms with Crippen LogP contribution < -0.4 is 0 Å². The minimum absolute atomic E-state index is 1.14. The molecule has 0 saturated heterocycles. The Kier molecular flexibility index (Phi) is 10.3. The second-order valence-electron chi connectivity index (χ2n) is 8.68. The van der Waals surface area contributed by atoms with Crippen LogP contribution in [0.4, 0.5) is 0 Å². The molecule has 0 aromatic heterocycles. The van der Waals surface area contributed by atoms with Gasteiger partial charge in [0.15, 0.2) is 0 Å². The van der Waals surface area contributed by atoms with Crippen LogP contribution >= 0.6 is 0 Å². The largest absolute Gasteiger partial charge is 0.0623 e. The Morgan fingerprint density at radius 1 is 0.333 bits per heavy atom. The van der Waals surface area contributed by atoms with Gasteiger partial charge in [-0.2, -0.15) is 0 Å². The first kappa shape index (κ1) is 22.3. The maximum Gasteiger partial charge on any atom is -0.0184 e. The molecule has 0 nitrogen and oxygen atoms in total. The third-order valence-corrected chi connectivity index (χ3v) is 6.51. The second-order valence-corrected chi connectivity index (χ2v) is 8.68. The number of hydrogen-bond donors (Lipinski definition) is 0. The topological polar surface area (TPSA) is 0 Å². The van der Waals surface area contributed by atoms with Crippen LogP contribution in [-0.4, -0.2) is 0 Å². The van der Waals surface area contributed by atoms with E-state index in [1.807, 2.05) is 48.5 Å². The molecule has 2 fully saturated rings. The van der Waals surface area contributed by atoms with Gasteiger partial charge in [-0.15, -0.1) is 0 Å². The monoisotopic (exact) mass is 398 g/mol. The van der Waals surface area contributed by atoms with Crippen molar-refractivity contribution in [2.24, 2.45) is 11.8 Å². The Hall–Kier alpha value is -2.34. The van der Waals surface area contributed by atoms with Crippen molar-refractivity contribution in [3.05, 3.63) is 97.1 Å². The van der Waals surface area contributed by atoms with E-state index in [2.05, 4.69) is 48.5 Å². The Bertz CT molecular complexity index is 671. The fourth-order valence-electron chi connectivity index (χ4n) is 4.86. The van der Waals surface area contributed by atoms with Gasteiger partial charge in [0.25, 0.3) is 0 Å². The summed E-state index contributed by atoms with van der Waals surface area (Å²) in [7, 11) is 0. The van der Waals surface area contributed by atoms with E-state index in [1.165, 1.54) is 49.7 Å². The van der Waals surface area contributed by atoms with Crippen molar-refractivity contribution in [3.8, 4) is 11.1 Å². The van der Waals surface area contributed by atoms with Gasteiger partial charge in [-0.05, 0) is 23.0 Å². The number of benzene rings is 3. The maximum atomic E-state index is 2.12. The first-order chi connectivity index (χ1) is 14.9. The Morgan fingerprint density at radius 3 is 0.900 bits per heavy atom. The summed E-state index contributed by atoms with van der Waals surface area (Å²) in [4.78, 5) is 0. The van der Waals surface area contributed by atoms with E-state index in [1.54, 1.807) is 25.7 Å². The molecule has 0 heteroatoms. The van der Waals surface area contributed by atoms with Crippen LogP contribution in [-0.2, 0) is 0 Å². The van der Waals surface area contributed by atoms with Gasteiger partial charge in [0.2, 0.25) is 0 Å². The summed E-state index contributed by atoms with van der Waals surface area (Å²) >= 11 is 0. The standard InChI is InChI=1S/C12H22.C12H10.C6H6/c2*1-3-7-11(8-4-1)12-9-5-2-6-10-12;1-2-4-6-5-3-1/h11-12H,1-10H2;1-10H;1-6H. The molecule has 5 rings (SSSR count). The number of hydrogen-bond acceptors (Lipinski definition) is 0. The lowest BCUT2D eigenvalue weighted by Gasteiger charge is -2.32. The predicted molar refractivity (Wildman–Crippen MR) is 131 cm³/mol. The van der Waals surface area contributed by atoms with E-state index >= 15 is 0 Å². The summed E-state index contributed by atoms with van der Waals surface area (Å²) in [5.41, 5.74) is 2.55. The third-order valence-electron chi connectivity index (χ3n) is 6.51. The molecule has 0 radical (unpaired) electrons. The van der Waals surface area contributed by atoms with E-state index < -0.39 is 0 Å². The Balaban J connectivity index is 0.000000136. The summed E-state index contributed by atoms with van der Waals surface area (Å²) in [5.74, 6) is 2.28. The molecular formula is C30H38. The minimum atomic E-state index is 1.14. The van der Waals surface area contributed by atoms with Crippen LogP contribution in [0.3, 0.4) is 0 Å². The van der Waals surface area contributed by atoms with E-state index in [9.17, 15) is 0 Å². The zero-order valence-electron chi connectivity index (χ0n) is 18.5. The molecule has 0 bridgehead atoms. The summed E-state index contributed by atoms with van der Waals surface area (Å²) in [6.07, 6.45) is 15.4. The normalized spacial score (nSPS) is 17.1. The van der Waals surface area contributed by atoms with Crippen molar-refractivity contribution >= 4 is 0 Å². The molecule has 3 aromatic rings. The Labute approximate surface area is 184 Å². The fourth-order valence-corrected chi connectivity index (χ4v) is 4.86. The van der Waals surface area contributed by atoms with Gasteiger partial charge in [0, 0.05) is 0 Å². The number of rotatable bonds is 2. The summed E-state index contributed by atoms with van der Waals surface area (Å²) in [6.45, 7) is 0. The molecule has 2 aliphatic carbocycles. The molecular weight excluding hydrogens is 360 g/mol. The minimum Gasteiger partial charge on any atom is -0.0623 e. The lowest BCUT2D eigenvalue weighted by atomic mass is 9.73. The maximum absolute atomic E-state index is 2.12. The van der Waals surface area contributed by atoms with Crippen LogP contribution in [0.2, 0.25) is 0 Å². The highest BCUT2D eigenvalue weighted by Gasteiger charge is 2.24. The zero-order valence-corrected chi connectivity index (χ0v) is 18.5. The van der Waals surface area contributed by atoms with Crippen LogP contribution in [0.25, 0.3) is 11.1 Å². The summed E-state index contributed by atoms with van der Waals surface area (Å²) < 4.78 is 0. The van der Waals surface area contributed by atoms with E-state index in [0.717, 1.165) is 11.8 Å². The lowest BCUT2D eigenvalue weighted by molar-refractivity contribution is 0.196. The fraction of sp³-hybridized carbons (Fsp3) is 0.400. The van der Waals surface area contributed by atoms with Gasteiger partial charge >= 0.3 is 0 Å². The highest BCUT2D eigenvalue weighted by Crippen LogP contribution is 2.37. The lowest BCUT2D eigenvalue weighted by Crippen LogP contribution is -2.20. The molecule has 0 atom stereocenters. The third kappa shape index (κ3) is 8.19. The average molecular weight is 399 g/mol. The molecule has 0 heterocycles. The average Bonchev–Trinajstić information content (AvgIpc) is 2.88. The van der Waals surface area contributed by atoms with Crippen LogP contribution in [0.15, 0.2) is 97.1 Å². The van der Waals surface area contributed by atoms with Crippen LogP contribution in [0.1, 0.15) is 64.2 Å². The second kappa shape index (κ2) is 13.8. The first-order valence-electron chi connectivity index (χ1n) is 12.0. The molecule has 30 heavy (non-hydrogen) atoms. The molecule has 0 amide bonds. The van der Waals surface area contributed by atoms with Crippen molar-refractivity contribution in [2.45, 2.75) is 64.2 Å². The molecule has 158 valence electrons. The van der Waals surface area contributed by atoms with Crippen molar-refractivity contribution in [3.63, 3.8) is 0 Å². The van der Waals surface area contributed by atoms with Gasteiger partial charge in [0.05, 0.1) is 0 Å². The first-order valence-corrected chi connectivity index (χ1v) is 12.0. The molecule has 2 aliphatic rings. The molecule has 3 aromatic carbocycles. The summed E-state index contributed by atoms with van der Waals surface area (Å²) in [6, 6.07) is 32.8. The van der Waals surface area contributed by atoms with Crippen molar-refractivity contribution in [1.29, 1.82) is 0 Å².